The number of aromatic nitrogens is 2. The molecule has 2 amide bonds. The van der Waals surface area contributed by atoms with E-state index in [0.717, 1.165) is 18.4 Å². The standard InChI is InChI=1S/C19H21ClN4O2/c20-15-4-1-14(2-5-15)3-6-18(25)24-11-7-16(8-12-24)23-19(26)17-13-21-9-10-22-17/h1-2,4-5,9-10,13,16H,3,6-8,11-12H2,(H,23,26). The summed E-state index contributed by atoms with van der Waals surface area (Å²) in [5.41, 5.74) is 1.42. The van der Waals surface area contributed by atoms with E-state index in [1.54, 1.807) is 0 Å². The molecule has 0 saturated carbocycles. The van der Waals surface area contributed by atoms with Gasteiger partial charge in [0.25, 0.3) is 5.91 Å². The minimum Gasteiger partial charge on any atom is -0.348 e. The van der Waals surface area contributed by atoms with Gasteiger partial charge in [-0.15, -0.1) is 0 Å². The van der Waals surface area contributed by atoms with E-state index in [4.69, 9.17) is 11.6 Å². The quantitative estimate of drug-likeness (QED) is 0.874. The fraction of sp³-hybridized carbons (Fsp3) is 0.368. The largest absolute Gasteiger partial charge is 0.348 e. The summed E-state index contributed by atoms with van der Waals surface area (Å²) < 4.78 is 0. The highest BCUT2D eigenvalue weighted by Crippen LogP contribution is 2.15. The Morgan fingerprint density at radius 3 is 2.54 bits per heavy atom. The summed E-state index contributed by atoms with van der Waals surface area (Å²) in [5, 5.41) is 3.67. The molecule has 1 fully saturated rings. The summed E-state index contributed by atoms with van der Waals surface area (Å²) in [5.74, 6) is -0.0655. The van der Waals surface area contributed by atoms with Gasteiger partial charge in [0, 0.05) is 43.0 Å². The summed E-state index contributed by atoms with van der Waals surface area (Å²) >= 11 is 5.87. The van der Waals surface area contributed by atoms with Crippen molar-refractivity contribution < 1.29 is 9.59 Å². The maximum atomic E-state index is 12.4. The predicted molar refractivity (Wildman–Crippen MR) is 98.9 cm³/mol. The number of amides is 2. The van der Waals surface area contributed by atoms with Gasteiger partial charge in [-0.2, -0.15) is 0 Å². The smallest absolute Gasteiger partial charge is 0.271 e. The van der Waals surface area contributed by atoms with Crippen molar-refractivity contribution in [2.75, 3.05) is 13.1 Å². The minimum atomic E-state index is -0.217. The van der Waals surface area contributed by atoms with Gasteiger partial charge >= 0.3 is 0 Å². The number of nitrogens with one attached hydrogen (secondary N) is 1. The third-order valence-electron chi connectivity index (χ3n) is 4.52. The molecule has 1 aliphatic rings. The Morgan fingerprint density at radius 2 is 1.88 bits per heavy atom. The molecule has 2 heterocycles. The third-order valence-corrected chi connectivity index (χ3v) is 4.77. The second kappa shape index (κ2) is 8.76. The number of carbonyl (C=O) groups excluding carboxylic acids is 2. The van der Waals surface area contributed by atoms with Crippen molar-refractivity contribution >= 4 is 23.4 Å². The molecule has 0 bridgehead atoms. The van der Waals surface area contributed by atoms with Crippen molar-refractivity contribution in [2.24, 2.45) is 0 Å². The third kappa shape index (κ3) is 5.02. The number of benzene rings is 1. The van der Waals surface area contributed by atoms with Crippen molar-refractivity contribution in [2.45, 2.75) is 31.7 Å². The molecule has 0 spiro atoms. The van der Waals surface area contributed by atoms with Crippen molar-refractivity contribution in [1.29, 1.82) is 0 Å². The molecular formula is C19H21ClN4O2. The number of rotatable bonds is 5. The van der Waals surface area contributed by atoms with Crippen LogP contribution >= 0.6 is 11.6 Å². The summed E-state index contributed by atoms with van der Waals surface area (Å²) in [6.07, 6.45) is 7.17. The van der Waals surface area contributed by atoms with Gasteiger partial charge in [-0.25, -0.2) is 4.98 Å². The summed E-state index contributed by atoms with van der Waals surface area (Å²) in [7, 11) is 0. The highest BCUT2D eigenvalue weighted by Gasteiger charge is 2.24. The first-order valence-electron chi connectivity index (χ1n) is 8.71. The SMILES string of the molecule is O=C(NC1CCN(C(=O)CCc2ccc(Cl)cc2)CC1)c1cnccn1. The van der Waals surface area contributed by atoms with E-state index < -0.39 is 0 Å². The minimum absolute atomic E-state index is 0.0600. The molecule has 3 rings (SSSR count). The Hall–Kier alpha value is -2.47. The summed E-state index contributed by atoms with van der Waals surface area (Å²) in [4.78, 5) is 34.3. The fourth-order valence-corrected chi connectivity index (χ4v) is 3.14. The molecule has 0 radical (unpaired) electrons. The van der Waals surface area contributed by atoms with Crippen LogP contribution in [0.1, 0.15) is 35.3 Å². The Labute approximate surface area is 157 Å². The van der Waals surface area contributed by atoms with Gasteiger partial charge in [0.2, 0.25) is 5.91 Å². The van der Waals surface area contributed by atoms with Crippen LogP contribution in [0.5, 0.6) is 0 Å². The van der Waals surface area contributed by atoms with Crippen LogP contribution in [0, 0.1) is 0 Å². The van der Waals surface area contributed by atoms with Gasteiger partial charge in [0.1, 0.15) is 5.69 Å². The zero-order valence-corrected chi connectivity index (χ0v) is 15.2. The molecule has 0 unspecified atom stereocenters. The molecule has 26 heavy (non-hydrogen) atoms. The van der Waals surface area contributed by atoms with Gasteiger partial charge in [-0.1, -0.05) is 23.7 Å². The molecule has 1 N–H and O–H groups in total. The second-order valence-corrected chi connectivity index (χ2v) is 6.78. The molecular weight excluding hydrogens is 352 g/mol. The van der Waals surface area contributed by atoms with Gasteiger partial charge < -0.3 is 10.2 Å². The normalized spacial score (nSPS) is 14.9. The van der Waals surface area contributed by atoms with E-state index in [9.17, 15) is 9.59 Å². The molecule has 1 aromatic heterocycles. The Balaban J connectivity index is 1.42. The molecule has 6 nitrogen and oxygen atoms in total. The highest BCUT2D eigenvalue weighted by molar-refractivity contribution is 6.30. The molecule has 7 heteroatoms. The zero-order chi connectivity index (χ0) is 18.4. The van der Waals surface area contributed by atoms with Crippen LogP contribution in [0.25, 0.3) is 0 Å². The highest BCUT2D eigenvalue weighted by atomic mass is 35.5. The first-order chi connectivity index (χ1) is 12.6. The first-order valence-corrected chi connectivity index (χ1v) is 9.09. The number of likely N-dealkylation sites (tertiary alicyclic amines) is 1. The number of piperidine rings is 1. The van der Waals surface area contributed by atoms with Crippen LogP contribution in [-0.2, 0) is 11.2 Å². The van der Waals surface area contributed by atoms with Crippen LogP contribution in [0.15, 0.2) is 42.9 Å². The number of nitrogens with zero attached hydrogens (tertiary/aromatic N) is 3. The molecule has 1 aromatic carbocycles. The van der Waals surface area contributed by atoms with E-state index in [1.807, 2.05) is 29.2 Å². The van der Waals surface area contributed by atoms with Crippen molar-refractivity contribution in [3.63, 3.8) is 0 Å². The fourth-order valence-electron chi connectivity index (χ4n) is 3.01. The lowest BCUT2D eigenvalue weighted by Crippen LogP contribution is -2.46. The lowest BCUT2D eigenvalue weighted by atomic mass is 10.0. The summed E-state index contributed by atoms with van der Waals surface area (Å²) in [6, 6.07) is 7.64. The monoisotopic (exact) mass is 372 g/mol. The molecule has 0 atom stereocenters. The Bertz CT molecular complexity index is 744. The van der Waals surface area contributed by atoms with E-state index in [2.05, 4.69) is 15.3 Å². The van der Waals surface area contributed by atoms with Gasteiger partial charge in [0.05, 0.1) is 6.20 Å². The van der Waals surface area contributed by atoms with Crippen LogP contribution in [-0.4, -0.2) is 45.8 Å². The average molecular weight is 373 g/mol. The van der Waals surface area contributed by atoms with Crippen LogP contribution in [0.3, 0.4) is 0 Å². The molecule has 136 valence electrons. The van der Waals surface area contributed by atoms with Gasteiger partial charge in [-0.3, -0.25) is 14.6 Å². The van der Waals surface area contributed by atoms with E-state index >= 15 is 0 Å². The van der Waals surface area contributed by atoms with E-state index in [-0.39, 0.29) is 17.9 Å². The molecule has 1 aliphatic heterocycles. The van der Waals surface area contributed by atoms with Crippen molar-refractivity contribution in [1.82, 2.24) is 20.2 Å². The number of hydrogen-bond donors (Lipinski definition) is 1. The number of hydrogen-bond acceptors (Lipinski definition) is 4. The molecule has 1 saturated heterocycles. The topological polar surface area (TPSA) is 75.2 Å². The van der Waals surface area contributed by atoms with Gasteiger partial charge in [0.15, 0.2) is 0 Å². The lowest BCUT2D eigenvalue weighted by Gasteiger charge is -2.32. The maximum Gasteiger partial charge on any atom is 0.271 e. The molecule has 0 aliphatic carbocycles. The van der Waals surface area contributed by atoms with Crippen LogP contribution < -0.4 is 5.32 Å². The van der Waals surface area contributed by atoms with E-state index in [0.29, 0.717) is 36.6 Å². The first kappa shape index (κ1) is 18.3. The van der Waals surface area contributed by atoms with E-state index in [1.165, 1.54) is 18.6 Å². The second-order valence-electron chi connectivity index (χ2n) is 6.35. The Morgan fingerprint density at radius 1 is 1.15 bits per heavy atom. The van der Waals surface area contributed by atoms with Crippen LogP contribution in [0.2, 0.25) is 5.02 Å². The van der Waals surface area contributed by atoms with Gasteiger partial charge in [-0.05, 0) is 37.0 Å². The number of carbonyl (C=O) groups is 2. The number of aryl methyl sites for hydroxylation is 1. The zero-order valence-electron chi connectivity index (χ0n) is 14.4. The van der Waals surface area contributed by atoms with Crippen molar-refractivity contribution in [3.8, 4) is 0 Å². The average Bonchev–Trinajstić information content (AvgIpc) is 2.68. The lowest BCUT2D eigenvalue weighted by molar-refractivity contribution is -0.132. The van der Waals surface area contributed by atoms with Crippen molar-refractivity contribution in [3.05, 3.63) is 59.1 Å². The number of halogens is 1. The predicted octanol–water partition coefficient (Wildman–Crippen LogP) is 2.48. The van der Waals surface area contributed by atoms with Crippen LogP contribution in [0.4, 0.5) is 0 Å². The molecule has 2 aromatic rings. The summed E-state index contributed by atoms with van der Waals surface area (Å²) in [6.45, 7) is 1.32. The Kier molecular flexibility index (Phi) is 6.17. The maximum absolute atomic E-state index is 12.4.